The number of methoxy groups -OCH3 is 1. The van der Waals surface area contributed by atoms with Crippen LogP contribution in [-0.2, 0) is 35.2 Å². The standard InChI is InChI=1S/C42H49FN12O10/c1-20(2)30(51-41(63)65-42(4,5)6)36(59)47-21(3)34(57)49-22-10-12-25-27(15-22)38(61)55(37(25)60)14-8-9-29(39(62)64-7)50-35(58)26-13-11-24(16-28(26)43)54(19-56)18-23-17-46-33-31(48-23)32(44)52-40(45)53-33/h10-13,15-17,19-21,29-30H,8-9,14,18H2,1-7H3,(H,47,59)(H,49,57)(H,50,58)(H,51,63)(H4,44,45,46,52,53)/t21-,29-,30-/m0/s1. The third-order valence-corrected chi connectivity index (χ3v) is 9.77. The molecule has 1 aliphatic heterocycles. The molecule has 0 saturated carbocycles. The van der Waals surface area contributed by atoms with E-state index in [2.05, 4.69) is 41.2 Å². The summed E-state index contributed by atoms with van der Waals surface area (Å²) in [7, 11) is 1.09. The lowest BCUT2D eigenvalue weighted by atomic mass is 10.0. The number of nitrogen functional groups attached to an aromatic ring is 2. The summed E-state index contributed by atoms with van der Waals surface area (Å²) >= 11 is 0. The van der Waals surface area contributed by atoms with Gasteiger partial charge in [0.2, 0.25) is 24.2 Å². The largest absolute Gasteiger partial charge is 0.467 e. The van der Waals surface area contributed by atoms with Gasteiger partial charge in [0, 0.05) is 17.9 Å². The summed E-state index contributed by atoms with van der Waals surface area (Å²) in [6.07, 6.45) is 0.829. The molecule has 2 aromatic heterocycles. The molecule has 5 rings (SSSR count). The molecule has 22 nitrogen and oxygen atoms in total. The van der Waals surface area contributed by atoms with E-state index >= 15 is 4.39 Å². The number of imide groups is 1. The Kier molecular flexibility index (Phi) is 14.9. The van der Waals surface area contributed by atoms with Crippen molar-refractivity contribution in [2.45, 2.75) is 84.7 Å². The van der Waals surface area contributed by atoms with E-state index in [0.29, 0.717) is 6.41 Å². The van der Waals surface area contributed by atoms with Gasteiger partial charge in [-0.05, 0) is 82.9 Å². The number of rotatable bonds is 17. The van der Waals surface area contributed by atoms with Crippen molar-refractivity contribution in [3.8, 4) is 0 Å². The highest BCUT2D eigenvalue weighted by molar-refractivity contribution is 6.22. The van der Waals surface area contributed by atoms with Crippen molar-refractivity contribution in [3.63, 3.8) is 0 Å². The first kappa shape index (κ1) is 48.2. The Morgan fingerprint density at radius 3 is 2.28 bits per heavy atom. The normalized spacial score (nSPS) is 13.6. The van der Waals surface area contributed by atoms with Crippen LogP contribution in [0, 0.1) is 11.7 Å². The number of ether oxygens (including phenoxy) is 2. The number of nitrogens with one attached hydrogen (secondary N) is 4. The van der Waals surface area contributed by atoms with Crippen LogP contribution >= 0.6 is 0 Å². The summed E-state index contributed by atoms with van der Waals surface area (Å²) in [5.74, 6) is -5.97. The highest BCUT2D eigenvalue weighted by Gasteiger charge is 2.36. The van der Waals surface area contributed by atoms with E-state index < -0.39 is 76.7 Å². The first-order chi connectivity index (χ1) is 30.6. The number of esters is 1. The van der Waals surface area contributed by atoms with Gasteiger partial charge in [0.05, 0.1) is 42.2 Å². The first-order valence-electron chi connectivity index (χ1n) is 20.2. The van der Waals surface area contributed by atoms with Crippen LogP contribution < -0.4 is 37.6 Å². The van der Waals surface area contributed by atoms with Gasteiger partial charge in [-0.3, -0.25) is 33.7 Å². The fourth-order valence-corrected chi connectivity index (χ4v) is 6.53. The summed E-state index contributed by atoms with van der Waals surface area (Å²) in [4.78, 5) is 121. The zero-order valence-corrected chi connectivity index (χ0v) is 36.6. The SMILES string of the molecule is COC(=O)[C@H](CCCN1C(=O)c2ccc(NC(=O)[C@H](C)NC(=O)[C@@H](NC(=O)OC(C)(C)C)C(C)C)cc2C1=O)NC(=O)c1ccc(N(C=O)Cc2cnc3nc(N)nc(N)c3n2)cc1F. The predicted octanol–water partition coefficient (Wildman–Crippen LogP) is 2.23. The van der Waals surface area contributed by atoms with Gasteiger partial charge in [0.15, 0.2) is 17.0 Å². The van der Waals surface area contributed by atoms with Crippen molar-refractivity contribution in [1.82, 2.24) is 40.8 Å². The number of benzene rings is 2. The van der Waals surface area contributed by atoms with Crippen molar-refractivity contribution >= 4 is 82.3 Å². The van der Waals surface area contributed by atoms with E-state index in [-0.39, 0.29) is 83.0 Å². The van der Waals surface area contributed by atoms with Crippen molar-refractivity contribution in [3.05, 3.63) is 70.8 Å². The molecule has 1 aliphatic rings. The Bertz CT molecular complexity index is 2550. The highest BCUT2D eigenvalue weighted by atomic mass is 19.1. The number of hydrogen-bond acceptors (Lipinski definition) is 16. The summed E-state index contributed by atoms with van der Waals surface area (Å²) in [6.45, 7) is 9.53. The molecule has 4 aromatic rings. The van der Waals surface area contributed by atoms with Gasteiger partial charge in [-0.1, -0.05) is 13.8 Å². The number of aromatic nitrogens is 4. The number of nitrogens with zero attached hydrogens (tertiary/aromatic N) is 6. The number of carbonyl (C=O) groups excluding carboxylic acids is 8. The molecule has 0 fully saturated rings. The van der Waals surface area contributed by atoms with Crippen molar-refractivity contribution < 1.29 is 52.2 Å². The molecule has 65 heavy (non-hydrogen) atoms. The molecule has 0 bridgehead atoms. The monoisotopic (exact) mass is 900 g/mol. The summed E-state index contributed by atoms with van der Waals surface area (Å²) in [5.41, 5.74) is 11.0. The number of alkyl carbamates (subject to hydrolysis) is 1. The third kappa shape index (κ3) is 11.8. The lowest BCUT2D eigenvalue weighted by Crippen LogP contribution is -2.54. The molecule has 0 spiro atoms. The van der Waals surface area contributed by atoms with Crippen molar-refractivity contribution in [2.24, 2.45) is 5.92 Å². The molecular weight excluding hydrogens is 852 g/mol. The van der Waals surface area contributed by atoms with E-state index in [0.717, 1.165) is 29.0 Å². The van der Waals surface area contributed by atoms with E-state index in [9.17, 15) is 38.4 Å². The fraction of sp³-hybridized carbons (Fsp3) is 0.381. The Morgan fingerprint density at radius 1 is 0.923 bits per heavy atom. The van der Waals surface area contributed by atoms with E-state index in [4.69, 9.17) is 20.9 Å². The van der Waals surface area contributed by atoms with E-state index in [1.54, 1.807) is 34.6 Å². The van der Waals surface area contributed by atoms with E-state index in [1.807, 2.05) is 0 Å². The molecule has 8 N–H and O–H groups in total. The Balaban J connectivity index is 1.17. The quantitative estimate of drug-likeness (QED) is 0.0503. The lowest BCUT2D eigenvalue weighted by Gasteiger charge is -2.26. The molecule has 0 radical (unpaired) electrons. The molecule has 3 heterocycles. The highest BCUT2D eigenvalue weighted by Crippen LogP contribution is 2.27. The van der Waals surface area contributed by atoms with Crippen LogP contribution in [0.1, 0.15) is 91.2 Å². The Labute approximate surface area is 371 Å². The Morgan fingerprint density at radius 2 is 1.63 bits per heavy atom. The maximum absolute atomic E-state index is 15.4. The maximum atomic E-state index is 15.4. The van der Waals surface area contributed by atoms with Crippen LogP contribution in [0.25, 0.3) is 11.2 Å². The van der Waals surface area contributed by atoms with Gasteiger partial charge in [0.25, 0.3) is 17.7 Å². The van der Waals surface area contributed by atoms with Gasteiger partial charge >= 0.3 is 12.1 Å². The minimum atomic E-state index is -1.32. The van der Waals surface area contributed by atoms with Crippen LogP contribution in [0.15, 0.2) is 42.6 Å². The number of nitrogens with two attached hydrogens (primary N) is 2. The topological polar surface area (TPSA) is 313 Å². The second-order valence-electron chi connectivity index (χ2n) is 16.2. The minimum absolute atomic E-state index is 0.00498. The number of halogens is 1. The van der Waals surface area contributed by atoms with Crippen LogP contribution in [-0.4, -0.2) is 110 Å². The zero-order chi connectivity index (χ0) is 47.9. The minimum Gasteiger partial charge on any atom is -0.467 e. The molecule has 2 aromatic carbocycles. The van der Waals surface area contributed by atoms with Crippen molar-refractivity contribution in [2.75, 3.05) is 35.3 Å². The number of fused-ring (bicyclic) bond motifs is 2. The molecule has 0 aliphatic carbocycles. The van der Waals surface area contributed by atoms with Crippen LogP contribution in [0.2, 0.25) is 0 Å². The molecular formula is C42H49FN12O10. The zero-order valence-electron chi connectivity index (χ0n) is 36.6. The number of hydrogen-bond donors (Lipinski definition) is 6. The Hall–Kier alpha value is -7.85. The average molecular weight is 901 g/mol. The summed E-state index contributed by atoms with van der Waals surface area (Å²) < 4.78 is 25.5. The number of anilines is 4. The fourth-order valence-electron chi connectivity index (χ4n) is 6.53. The van der Waals surface area contributed by atoms with Gasteiger partial charge in [-0.15, -0.1) is 0 Å². The third-order valence-electron chi connectivity index (χ3n) is 9.77. The smallest absolute Gasteiger partial charge is 0.408 e. The number of amides is 7. The van der Waals surface area contributed by atoms with Gasteiger partial charge in [-0.25, -0.2) is 23.9 Å². The summed E-state index contributed by atoms with van der Waals surface area (Å²) in [5, 5.41) is 10.1. The van der Waals surface area contributed by atoms with E-state index in [1.165, 1.54) is 37.4 Å². The van der Waals surface area contributed by atoms with Gasteiger partial charge in [0.1, 0.15) is 29.5 Å². The molecule has 0 saturated heterocycles. The molecule has 3 atom stereocenters. The van der Waals surface area contributed by atoms with Crippen LogP contribution in [0.3, 0.4) is 0 Å². The molecule has 23 heteroatoms. The summed E-state index contributed by atoms with van der Waals surface area (Å²) in [6, 6.07) is 4.04. The molecule has 344 valence electrons. The molecule has 7 amide bonds. The van der Waals surface area contributed by atoms with Crippen molar-refractivity contribution in [1.29, 1.82) is 0 Å². The van der Waals surface area contributed by atoms with Gasteiger partial charge < -0.3 is 47.1 Å². The lowest BCUT2D eigenvalue weighted by molar-refractivity contribution is -0.143. The first-order valence-corrected chi connectivity index (χ1v) is 20.2. The predicted molar refractivity (Wildman–Crippen MR) is 231 cm³/mol. The maximum Gasteiger partial charge on any atom is 0.408 e. The molecule has 0 unspecified atom stereocenters. The second-order valence-corrected chi connectivity index (χ2v) is 16.2. The van der Waals surface area contributed by atoms with Gasteiger partial charge in [-0.2, -0.15) is 9.97 Å². The van der Waals surface area contributed by atoms with Crippen LogP contribution in [0.4, 0.5) is 32.3 Å². The number of carbonyl (C=O) groups is 8. The second kappa shape index (κ2) is 20.1. The average Bonchev–Trinajstić information content (AvgIpc) is 3.47. The van der Waals surface area contributed by atoms with Crippen LogP contribution in [0.5, 0.6) is 0 Å².